The standard InChI is InChI=1S/C21H20BrNO6S/c1-4-12(2)28-16-7-5-13(9-15(16)22)10-18-19(24)23(21(26)30-18)11-14-6-8-17(29-14)20(25)27-3/h5-10,12H,4,11H2,1-3H3/b18-10+/t12-/m0/s1. The summed E-state index contributed by atoms with van der Waals surface area (Å²) in [7, 11) is 1.24. The molecule has 3 rings (SSSR count). The molecule has 0 saturated carbocycles. The normalized spacial score (nSPS) is 16.3. The Bertz CT molecular complexity index is 1010. The van der Waals surface area contributed by atoms with Gasteiger partial charge in [0.25, 0.3) is 11.1 Å². The average Bonchev–Trinajstić information content (AvgIpc) is 3.30. The van der Waals surface area contributed by atoms with Gasteiger partial charge in [0.15, 0.2) is 0 Å². The van der Waals surface area contributed by atoms with Crippen LogP contribution in [0.15, 0.2) is 44.1 Å². The number of benzene rings is 1. The fourth-order valence-corrected chi connectivity index (χ4v) is 3.95. The first kappa shape index (κ1) is 22.2. The molecule has 158 valence electrons. The molecule has 1 atom stereocenters. The van der Waals surface area contributed by atoms with Crippen molar-refractivity contribution < 1.29 is 28.3 Å². The summed E-state index contributed by atoms with van der Waals surface area (Å²) in [5.41, 5.74) is 0.759. The smallest absolute Gasteiger partial charge is 0.373 e. The van der Waals surface area contributed by atoms with Gasteiger partial charge in [-0.1, -0.05) is 13.0 Å². The van der Waals surface area contributed by atoms with Crippen molar-refractivity contribution >= 4 is 50.9 Å². The van der Waals surface area contributed by atoms with E-state index in [0.29, 0.717) is 16.4 Å². The van der Waals surface area contributed by atoms with Crippen molar-refractivity contribution in [3.05, 3.63) is 56.8 Å². The number of amides is 2. The van der Waals surface area contributed by atoms with Crippen molar-refractivity contribution in [1.82, 2.24) is 4.90 Å². The third-order valence-electron chi connectivity index (χ3n) is 4.39. The van der Waals surface area contributed by atoms with E-state index in [1.54, 1.807) is 6.08 Å². The van der Waals surface area contributed by atoms with Crippen LogP contribution in [0.1, 0.15) is 42.1 Å². The second-order valence-electron chi connectivity index (χ2n) is 6.55. The number of imide groups is 1. The highest BCUT2D eigenvalue weighted by atomic mass is 79.9. The summed E-state index contributed by atoms with van der Waals surface area (Å²) in [6.07, 6.45) is 2.63. The van der Waals surface area contributed by atoms with E-state index in [-0.39, 0.29) is 18.4 Å². The maximum Gasteiger partial charge on any atom is 0.373 e. The van der Waals surface area contributed by atoms with Crippen LogP contribution in [0.4, 0.5) is 4.79 Å². The largest absolute Gasteiger partial charge is 0.490 e. The number of carbonyl (C=O) groups is 3. The Morgan fingerprint density at radius 3 is 2.73 bits per heavy atom. The Hall–Kier alpha value is -2.52. The Morgan fingerprint density at radius 1 is 1.30 bits per heavy atom. The minimum absolute atomic E-state index is 0.0135. The monoisotopic (exact) mass is 493 g/mol. The first-order valence-corrected chi connectivity index (χ1v) is 10.8. The van der Waals surface area contributed by atoms with Crippen LogP contribution in [-0.4, -0.2) is 35.2 Å². The summed E-state index contributed by atoms with van der Waals surface area (Å²) in [5.74, 6) is 0.000304. The van der Waals surface area contributed by atoms with Crippen molar-refractivity contribution in [2.24, 2.45) is 0 Å². The second kappa shape index (κ2) is 9.53. The molecule has 1 aromatic heterocycles. The number of hydrogen-bond acceptors (Lipinski definition) is 7. The third-order valence-corrected chi connectivity index (χ3v) is 5.92. The van der Waals surface area contributed by atoms with Crippen LogP contribution in [0, 0.1) is 0 Å². The lowest BCUT2D eigenvalue weighted by atomic mass is 10.2. The molecule has 30 heavy (non-hydrogen) atoms. The molecule has 1 saturated heterocycles. The SMILES string of the molecule is CC[C@H](C)Oc1ccc(/C=C2/SC(=O)N(Cc3ccc(C(=O)OC)o3)C2=O)cc1Br. The summed E-state index contributed by atoms with van der Waals surface area (Å²) in [5, 5.41) is -0.405. The minimum atomic E-state index is -0.624. The molecule has 1 aliphatic rings. The Labute approximate surface area is 186 Å². The topological polar surface area (TPSA) is 86.1 Å². The first-order chi connectivity index (χ1) is 14.3. The zero-order valence-corrected chi connectivity index (χ0v) is 19.0. The molecule has 0 spiro atoms. The summed E-state index contributed by atoms with van der Waals surface area (Å²) >= 11 is 4.34. The minimum Gasteiger partial charge on any atom is -0.490 e. The molecule has 0 N–H and O–H groups in total. The molecule has 1 fully saturated rings. The highest BCUT2D eigenvalue weighted by Crippen LogP contribution is 2.35. The average molecular weight is 494 g/mol. The number of ether oxygens (including phenoxy) is 2. The number of carbonyl (C=O) groups excluding carboxylic acids is 3. The molecular formula is C21H20BrNO6S. The van der Waals surface area contributed by atoms with Crippen LogP contribution in [0.2, 0.25) is 0 Å². The highest BCUT2D eigenvalue weighted by molar-refractivity contribution is 9.10. The third kappa shape index (κ3) is 4.96. The lowest BCUT2D eigenvalue weighted by molar-refractivity contribution is -0.123. The highest BCUT2D eigenvalue weighted by Gasteiger charge is 2.35. The lowest BCUT2D eigenvalue weighted by Crippen LogP contribution is -2.27. The molecular weight excluding hydrogens is 474 g/mol. The fourth-order valence-electron chi connectivity index (χ4n) is 2.62. The zero-order chi connectivity index (χ0) is 21.8. The zero-order valence-electron chi connectivity index (χ0n) is 16.6. The predicted molar refractivity (Wildman–Crippen MR) is 116 cm³/mol. The van der Waals surface area contributed by atoms with Gasteiger partial charge in [-0.05, 0) is 76.9 Å². The first-order valence-electron chi connectivity index (χ1n) is 9.21. The number of hydrogen-bond donors (Lipinski definition) is 0. The number of furan rings is 1. The van der Waals surface area contributed by atoms with Crippen LogP contribution < -0.4 is 4.74 Å². The van der Waals surface area contributed by atoms with E-state index in [4.69, 9.17) is 9.15 Å². The van der Waals surface area contributed by atoms with Gasteiger partial charge in [-0.25, -0.2) is 4.79 Å². The number of rotatable bonds is 7. The Balaban J connectivity index is 1.74. The van der Waals surface area contributed by atoms with Gasteiger partial charge in [0.05, 0.1) is 29.1 Å². The van der Waals surface area contributed by atoms with Crippen molar-refractivity contribution in [1.29, 1.82) is 0 Å². The van der Waals surface area contributed by atoms with Crippen LogP contribution >= 0.6 is 27.7 Å². The van der Waals surface area contributed by atoms with Crippen molar-refractivity contribution in [3.8, 4) is 5.75 Å². The second-order valence-corrected chi connectivity index (χ2v) is 8.40. The number of nitrogens with zero attached hydrogens (tertiary/aromatic N) is 1. The van der Waals surface area contributed by atoms with Gasteiger partial charge in [-0.3, -0.25) is 14.5 Å². The summed E-state index contributed by atoms with van der Waals surface area (Å²) in [6.45, 7) is 3.97. The summed E-state index contributed by atoms with van der Waals surface area (Å²) in [4.78, 5) is 37.9. The molecule has 2 aromatic rings. The number of halogens is 1. The summed E-state index contributed by atoms with van der Waals surface area (Å²) < 4.78 is 16.5. The van der Waals surface area contributed by atoms with E-state index in [0.717, 1.165) is 33.1 Å². The van der Waals surface area contributed by atoms with E-state index >= 15 is 0 Å². The van der Waals surface area contributed by atoms with Gasteiger partial charge in [0.1, 0.15) is 11.5 Å². The van der Waals surface area contributed by atoms with Crippen molar-refractivity contribution in [2.75, 3.05) is 7.11 Å². The fraction of sp³-hybridized carbons (Fsp3) is 0.286. The molecule has 7 nitrogen and oxygen atoms in total. The molecule has 9 heteroatoms. The van der Waals surface area contributed by atoms with Crippen molar-refractivity contribution in [2.45, 2.75) is 32.9 Å². The van der Waals surface area contributed by atoms with Gasteiger partial charge in [0.2, 0.25) is 5.76 Å². The Morgan fingerprint density at radius 2 is 2.07 bits per heavy atom. The van der Waals surface area contributed by atoms with Gasteiger partial charge in [0, 0.05) is 0 Å². The predicted octanol–water partition coefficient (Wildman–Crippen LogP) is 5.24. The van der Waals surface area contributed by atoms with Crippen molar-refractivity contribution in [3.63, 3.8) is 0 Å². The molecule has 0 unspecified atom stereocenters. The van der Waals surface area contributed by atoms with Gasteiger partial charge < -0.3 is 13.9 Å². The molecule has 2 amide bonds. The van der Waals surface area contributed by atoms with Crippen LogP contribution in [0.3, 0.4) is 0 Å². The number of esters is 1. The molecule has 0 aliphatic carbocycles. The lowest BCUT2D eigenvalue weighted by Gasteiger charge is -2.14. The van der Waals surface area contributed by atoms with E-state index in [1.165, 1.54) is 19.2 Å². The van der Waals surface area contributed by atoms with Crippen LogP contribution in [0.25, 0.3) is 6.08 Å². The summed E-state index contributed by atoms with van der Waals surface area (Å²) in [6, 6.07) is 8.46. The van der Waals surface area contributed by atoms with Gasteiger partial charge in [-0.15, -0.1) is 0 Å². The van der Waals surface area contributed by atoms with E-state index in [1.807, 2.05) is 32.0 Å². The molecule has 2 heterocycles. The van der Waals surface area contributed by atoms with Crippen LogP contribution in [-0.2, 0) is 16.1 Å². The Kier molecular flexibility index (Phi) is 7.04. The maximum atomic E-state index is 12.7. The number of methoxy groups -OCH3 is 1. The van der Waals surface area contributed by atoms with Gasteiger partial charge >= 0.3 is 5.97 Å². The molecule has 0 radical (unpaired) electrons. The number of thioether (sulfide) groups is 1. The van der Waals surface area contributed by atoms with E-state index in [2.05, 4.69) is 20.7 Å². The molecule has 1 aromatic carbocycles. The quantitative estimate of drug-likeness (QED) is 0.384. The van der Waals surface area contributed by atoms with Gasteiger partial charge in [-0.2, -0.15) is 0 Å². The maximum absolute atomic E-state index is 12.7. The van der Waals surface area contributed by atoms with Crippen LogP contribution in [0.5, 0.6) is 5.75 Å². The molecule has 0 bridgehead atoms. The van der Waals surface area contributed by atoms with E-state index < -0.39 is 17.1 Å². The van der Waals surface area contributed by atoms with E-state index in [9.17, 15) is 14.4 Å². The molecule has 1 aliphatic heterocycles.